The SMILES string of the molecule is CCOc1cc(/C=C2/C(=O)NC(=O)N(c3cccc(C)c3)C2=O)ccc1OCCOc1ccc(C)cc1. The van der Waals surface area contributed by atoms with Crippen molar-refractivity contribution in [1.82, 2.24) is 5.32 Å². The fourth-order valence-electron chi connectivity index (χ4n) is 3.77. The van der Waals surface area contributed by atoms with E-state index >= 15 is 0 Å². The highest BCUT2D eigenvalue weighted by atomic mass is 16.5. The van der Waals surface area contributed by atoms with Gasteiger partial charge in [-0.25, -0.2) is 9.69 Å². The zero-order chi connectivity index (χ0) is 26.4. The third-order valence-corrected chi connectivity index (χ3v) is 5.57. The molecule has 0 unspecified atom stereocenters. The molecule has 0 spiro atoms. The first-order chi connectivity index (χ1) is 17.9. The molecule has 0 aliphatic carbocycles. The highest BCUT2D eigenvalue weighted by molar-refractivity contribution is 6.39. The number of nitrogens with one attached hydrogen (secondary N) is 1. The van der Waals surface area contributed by atoms with Crippen LogP contribution in [-0.2, 0) is 9.59 Å². The molecule has 37 heavy (non-hydrogen) atoms. The lowest BCUT2D eigenvalue weighted by molar-refractivity contribution is -0.122. The van der Waals surface area contributed by atoms with Gasteiger partial charge in [0.2, 0.25) is 0 Å². The molecule has 4 amide bonds. The van der Waals surface area contributed by atoms with Crippen molar-refractivity contribution in [3.63, 3.8) is 0 Å². The molecule has 1 saturated heterocycles. The average molecular weight is 501 g/mol. The van der Waals surface area contributed by atoms with Crippen molar-refractivity contribution in [1.29, 1.82) is 0 Å². The number of hydrogen-bond acceptors (Lipinski definition) is 6. The summed E-state index contributed by atoms with van der Waals surface area (Å²) < 4.78 is 17.3. The number of nitrogens with zero attached hydrogens (tertiary/aromatic N) is 1. The summed E-state index contributed by atoms with van der Waals surface area (Å²) in [5.74, 6) is 0.265. The van der Waals surface area contributed by atoms with Crippen LogP contribution in [0.3, 0.4) is 0 Å². The summed E-state index contributed by atoms with van der Waals surface area (Å²) >= 11 is 0. The first-order valence-corrected chi connectivity index (χ1v) is 11.9. The number of ether oxygens (including phenoxy) is 3. The first-order valence-electron chi connectivity index (χ1n) is 11.9. The van der Waals surface area contributed by atoms with E-state index in [4.69, 9.17) is 14.2 Å². The Kier molecular flexibility index (Phi) is 7.88. The van der Waals surface area contributed by atoms with E-state index in [1.54, 1.807) is 36.4 Å². The van der Waals surface area contributed by atoms with Gasteiger partial charge in [0.25, 0.3) is 11.8 Å². The van der Waals surface area contributed by atoms with Crippen LogP contribution < -0.4 is 24.4 Å². The summed E-state index contributed by atoms with van der Waals surface area (Å²) in [7, 11) is 0. The van der Waals surface area contributed by atoms with Gasteiger partial charge in [0.05, 0.1) is 12.3 Å². The van der Waals surface area contributed by atoms with E-state index in [0.717, 1.165) is 21.8 Å². The van der Waals surface area contributed by atoms with Gasteiger partial charge in [0.1, 0.15) is 24.5 Å². The van der Waals surface area contributed by atoms with Gasteiger partial charge in [-0.1, -0.05) is 35.9 Å². The Morgan fingerprint density at radius 1 is 0.811 bits per heavy atom. The maximum atomic E-state index is 13.2. The largest absolute Gasteiger partial charge is 0.490 e. The molecule has 1 aliphatic rings. The second kappa shape index (κ2) is 11.4. The maximum absolute atomic E-state index is 13.2. The zero-order valence-corrected chi connectivity index (χ0v) is 20.9. The van der Waals surface area contributed by atoms with Crippen molar-refractivity contribution in [2.24, 2.45) is 0 Å². The molecule has 8 heteroatoms. The number of carbonyl (C=O) groups excluding carboxylic acids is 3. The smallest absolute Gasteiger partial charge is 0.335 e. The molecule has 4 rings (SSSR count). The van der Waals surface area contributed by atoms with Crippen LogP contribution >= 0.6 is 0 Å². The van der Waals surface area contributed by atoms with Crippen molar-refractivity contribution in [2.75, 3.05) is 24.7 Å². The number of barbiturate groups is 1. The number of aryl methyl sites for hydroxylation is 2. The van der Waals surface area contributed by atoms with Crippen LogP contribution in [0.4, 0.5) is 10.5 Å². The Morgan fingerprint density at radius 2 is 1.57 bits per heavy atom. The normalized spacial score (nSPS) is 14.5. The average Bonchev–Trinajstić information content (AvgIpc) is 2.86. The van der Waals surface area contributed by atoms with Crippen molar-refractivity contribution >= 4 is 29.6 Å². The molecule has 1 N–H and O–H groups in total. The topological polar surface area (TPSA) is 94.2 Å². The molecule has 0 saturated carbocycles. The van der Waals surface area contributed by atoms with E-state index in [-0.39, 0.29) is 5.57 Å². The van der Waals surface area contributed by atoms with Gasteiger partial charge in [-0.05, 0) is 74.4 Å². The van der Waals surface area contributed by atoms with Crippen molar-refractivity contribution in [3.8, 4) is 17.2 Å². The van der Waals surface area contributed by atoms with Gasteiger partial charge in [-0.3, -0.25) is 14.9 Å². The standard InChI is InChI=1S/C29H28N2O6/c1-4-35-26-18-21(10-13-25(26)37-15-14-36-23-11-8-19(2)9-12-23)17-24-27(32)30-29(34)31(28(24)33)22-7-5-6-20(3)16-22/h5-13,16-18H,4,14-15H2,1-3H3,(H,30,32,34)/b24-17-. The molecule has 8 nitrogen and oxygen atoms in total. The number of imide groups is 2. The second-order valence-corrected chi connectivity index (χ2v) is 8.45. The Bertz CT molecular complexity index is 1350. The minimum atomic E-state index is -0.788. The number of anilines is 1. The third-order valence-electron chi connectivity index (χ3n) is 5.57. The van der Waals surface area contributed by atoms with E-state index in [1.807, 2.05) is 51.1 Å². The highest BCUT2D eigenvalue weighted by Crippen LogP contribution is 2.30. The first kappa shape index (κ1) is 25.5. The minimum absolute atomic E-state index is 0.163. The molecule has 1 fully saturated rings. The number of carbonyl (C=O) groups is 3. The lowest BCUT2D eigenvalue weighted by Gasteiger charge is -2.26. The number of urea groups is 1. The summed E-state index contributed by atoms with van der Waals surface area (Å²) in [4.78, 5) is 39.1. The monoisotopic (exact) mass is 500 g/mol. The van der Waals surface area contributed by atoms with E-state index in [0.29, 0.717) is 42.6 Å². The van der Waals surface area contributed by atoms with Crippen LogP contribution in [0.1, 0.15) is 23.6 Å². The van der Waals surface area contributed by atoms with Crippen LogP contribution in [0.5, 0.6) is 17.2 Å². The number of hydrogen-bond donors (Lipinski definition) is 1. The van der Waals surface area contributed by atoms with E-state index in [1.165, 1.54) is 6.08 Å². The molecule has 1 aliphatic heterocycles. The predicted octanol–water partition coefficient (Wildman–Crippen LogP) is 4.83. The fourth-order valence-corrected chi connectivity index (χ4v) is 3.77. The van der Waals surface area contributed by atoms with Gasteiger partial charge >= 0.3 is 6.03 Å². The quantitative estimate of drug-likeness (QED) is 0.257. The molecule has 3 aromatic carbocycles. The molecule has 0 aromatic heterocycles. The fraction of sp³-hybridized carbons (Fsp3) is 0.207. The third kappa shape index (κ3) is 6.16. The Labute approximate surface area is 215 Å². The Balaban J connectivity index is 1.50. The van der Waals surface area contributed by atoms with Crippen LogP contribution in [0.25, 0.3) is 6.08 Å². The summed E-state index contributed by atoms with van der Waals surface area (Å²) in [6, 6.07) is 19.0. The Morgan fingerprint density at radius 3 is 2.30 bits per heavy atom. The second-order valence-electron chi connectivity index (χ2n) is 8.45. The van der Waals surface area contributed by atoms with Gasteiger partial charge in [0.15, 0.2) is 11.5 Å². The number of benzene rings is 3. The predicted molar refractivity (Wildman–Crippen MR) is 140 cm³/mol. The molecule has 0 bridgehead atoms. The highest BCUT2D eigenvalue weighted by Gasteiger charge is 2.36. The maximum Gasteiger partial charge on any atom is 0.335 e. The summed E-state index contributed by atoms with van der Waals surface area (Å²) in [5, 5.41) is 2.24. The summed E-state index contributed by atoms with van der Waals surface area (Å²) in [5.41, 5.74) is 2.80. The van der Waals surface area contributed by atoms with E-state index < -0.39 is 17.8 Å². The molecule has 1 heterocycles. The Hall–Kier alpha value is -4.59. The van der Waals surface area contributed by atoms with Gasteiger partial charge in [-0.2, -0.15) is 0 Å². The van der Waals surface area contributed by atoms with E-state index in [2.05, 4.69) is 5.32 Å². The summed E-state index contributed by atoms with van der Waals surface area (Å²) in [6.45, 7) is 6.74. The van der Waals surface area contributed by atoms with Crippen molar-refractivity contribution in [2.45, 2.75) is 20.8 Å². The molecule has 190 valence electrons. The zero-order valence-electron chi connectivity index (χ0n) is 20.9. The van der Waals surface area contributed by atoms with Crippen LogP contribution in [0.2, 0.25) is 0 Å². The summed E-state index contributed by atoms with van der Waals surface area (Å²) in [6.07, 6.45) is 1.43. The van der Waals surface area contributed by atoms with Crippen LogP contribution in [0.15, 0.2) is 72.3 Å². The minimum Gasteiger partial charge on any atom is -0.490 e. The molecular formula is C29H28N2O6. The lowest BCUT2D eigenvalue weighted by atomic mass is 10.1. The van der Waals surface area contributed by atoms with Crippen LogP contribution in [-0.4, -0.2) is 37.7 Å². The molecular weight excluding hydrogens is 472 g/mol. The number of rotatable bonds is 9. The molecule has 3 aromatic rings. The van der Waals surface area contributed by atoms with Crippen molar-refractivity contribution in [3.05, 3.63) is 89.0 Å². The lowest BCUT2D eigenvalue weighted by Crippen LogP contribution is -2.54. The van der Waals surface area contributed by atoms with Gasteiger partial charge < -0.3 is 14.2 Å². The molecule has 0 atom stereocenters. The van der Waals surface area contributed by atoms with Gasteiger partial charge in [0, 0.05) is 0 Å². The van der Waals surface area contributed by atoms with Crippen LogP contribution in [0, 0.1) is 13.8 Å². The van der Waals surface area contributed by atoms with E-state index in [9.17, 15) is 14.4 Å². The molecule has 0 radical (unpaired) electrons. The van der Waals surface area contributed by atoms with Crippen molar-refractivity contribution < 1.29 is 28.6 Å². The number of amides is 4. The van der Waals surface area contributed by atoms with Gasteiger partial charge in [-0.15, -0.1) is 0 Å².